The van der Waals surface area contributed by atoms with Crippen LogP contribution in [0.1, 0.15) is 5.56 Å². The standard InChI is InChI=1S/C13H7BrClFN2S/c1-6-2-3-8(16)10-11(6)17-13(18-12(10)15)7-4-9(14)19-5-7/h2-5H,1H3. The number of aromatic nitrogens is 2. The molecule has 2 heterocycles. The quantitative estimate of drug-likeness (QED) is 0.558. The molecule has 3 rings (SSSR count). The highest BCUT2D eigenvalue weighted by molar-refractivity contribution is 9.11. The van der Waals surface area contributed by atoms with Crippen LogP contribution in [0.2, 0.25) is 5.15 Å². The van der Waals surface area contributed by atoms with Crippen LogP contribution in [-0.2, 0) is 0 Å². The lowest BCUT2D eigenvalue weighted by Gasteiger charge is -2.06. The topological polar surface area (TPSA) is 25.8 Å². The van der Waals surface area contributed by atoms with Crippen LogP contribution in [0.15, 0.2) is 27.4 Å². The summed E-state index contributed by atoms with van der Waals surface area (Å²) in [6, 6.07) is 4.98. The predicted molar refractivity (Wildman–Crippen MR) is 80.3 cm³/mol. The molecule has 0 aliphatic rings. The van der Waals surface area contributed by atoms with Gasteiger partial charge in [0.15, 0.2) is 5.82 Å². The summed E-state index contributed by atoms with van der Waals surface area (Å²) in [5.41, 5.74) is 2.29. The van der Waals surface area contributed by atoms with Crippen molar-refractivity contribution >= 4 is 49.8 Å². The van der Waals surface area contributed by atoms with Gasteiger partial charge in [0.25, 0.3) is 0 Å². The zero-order valence-electron chi connectivity index (χ0n) is 9.75. The molecule has 0 amide bonds. The van der Waals surface area contributed by atoms with E-state index in [9.17, 15) is 4.39 Å². The molecule has 0 fully saturated rings. The van der Waals surface area contributed by atoms with Gasteiger partial charge in [0.1, 0.15) is 11.0 Å². The minimum Gasteiger partial charge on any atom is -0.227 e. The van der Waals surface area contributed by atoms with E-state index in [1.165, 1.54) is 17.4 Å². The first-order valence-corrected chi connectivity index (χ1v) is 7.48. The zero-order chi connectivity index (χ0) is 13.6. The Balaban J connectivity index is 2.33. The summed E-state index contributed by atoms with van der Waals surface area (Å²) < 4.78 is 14.8. The fourth-order valence-corrected chi connectivity index (χ4v) is 3.24. The monoisotopic (exact) mass is 356 g/mol. The van der Waals surface area contributed by atoms with Crippen LogP contribution in [-0.4, -0.2) is 9.97 Å². The average Bonchev–Trinajstić information content (AvgIpc) is 2.80. The van der Waals surface area contributed by atoms with Crippen molar-refractivity contribution in [2.75, 3.05) is 0 Å². The Morgan fingerprint density at radius 2 is 2.11 bits per heavy atom. The maximum Gasteiger partial charge on any atom is 0.162 e. The largest absolute Gasteiger partial charge is 0.227 e. The molecule has 0 N–H and O–H groups in total. The van der Waals surface area contributed by atoms with Gasteiger partial charge >= 0.3 is 0 Å². The summed E-state index contributed by atoms with van der Waals surface area (Å²) in [6.07, 6.45) is 0. The Labute approximate surface area is 126 Å². The van der Waals surface area contributed by atoms with Gasteiger partial charge in [-0.15, -0.1) is 11.3 Å². The van der Waals surface area contributed by atoms with Crippen LogP contribution in [0.25, 0.3) is 22.3 Å². The number of halogens is 3. The maximum atomic E-state index is 13.8. The average molecular weight is 358 g/mol. The first-order chi connectivity index (χ1) is 9.06. The molecule has 6 heteroatoms. The van der Waals surface area contributed by atoms with Crippen LogP contribution in [0.4, 0.5) is 4.39 Å². The van der Waals surface area contributed by atoms with E-state index >= 15 is 0 Å². The van der Waals surface area contributed by atoms with Gasteiger partial charge in [0.05, 0.1) is 14.7 Å². The molecule has 0 radical (unpaired) electrons. The second-order valence-electron chi connectivity index (χ2n) is 4.07. The van der Waals surface area contributed by atoms with Crippen molar-refractivity contribution in [1.82, 2.24) is 9.97 Å². The number of aryl methyl sites for hydroxylation is 1. The van der Waals surface area contributed by atoms with E-state index in [0.717, 1.165) is 14.9 Å². The number of hydrogen-bond acceptors (Lipinski definition) is 3. The van der Waals surface area contributed by atoms with Crippen molar-refractivity contribution in [3.63, 3.8) is 0 Å². The highest BCUT2D eigenvalue weighted by Gasteiger charge is 2.14. The molecule has 0 bridgehead atoms. The lowest BCUT2D eigenvalue weighted by atomic mass is 10.1. The summed E-state index contributed by atoms with van der Waals surface area (Å²) in [5.74, 6) is 0.108. The van der Waals surface area contributed by atoms with Gasteiger partial charge in [0.2, 0.25) is 0 Å². The normalized spacial score (nSPS) is 11.2. The fraction of sp³-hybridized carbons (Fsp3) is 0.0769. The second-order valence-corrected chi connectivity index (χ2v) is 6.71. The predicted octanol–water partition coefficient (Wildman–Crippen LogP) is 5.22. The van der Waals surface area contributed by atoms with Gasteiger partial charge < -0.3 is 0 Å². The Bertz CT molecular complexity index is 788. The van der Waals surface area contributed by atoms with Gasteiger partial charge in [0, 0.05) is 10.9 Å². The van der Waals surface area contributed by atoms with E-state index in [-0.39, 0.29) is 10.5 Å². The van der Waals surface area contributed by atoms with Crippen LogP contribution < -0.4 is 0 Å². The SMILES string of the molecule is Cc1ccc(F)c2c(Cl)nc(-c3csc(Br)c3)nc12. The van der Waals surface area contributed by atoms with Gasteiger partial charge in [-0.05, 0) is 40.5 Å². The van der Waals surface area contributed by atoms with E-state index in [1.54, 1.807) is 6.07 Å². The van der Waals surface area contributed by atoms with Gasteiger partial charge in [-0.25, -0.2) is 14.4 Å². The van der Waals surface area contributed by atoms with Crippen molar-refractivity contribution in [3.8, 4) is 11.4 Å². The molecule has 0 aliphatic carbocycles. The van der Waals surface area contributed by atoms with Crippen molar-refractivity contribution in [2.45, 2.75) is 6.92 Å². The molecule has 0 aliphatic heterocycles. The second kappa shape index (κ2) is 4.81. The molecule has 2 aromatic heterocycles. The number of nitrogens with zero attached hydrogens (tertiary/aromatic N) is 2. The van der Waals surface area contributed by atoms with Crippen LogP contribution in [0.5, 0.6) is 0 Å². The summed E-state index contributed by atoms with van der Waals surface area (Å²) >= 11 is 11.0. The Morgan fingerprint density at radius 1 is 1.32 bits per heavy atom. The fourth-order valence-electron chi connectivity index (χ4n) is 1.85. The molecule has 19 heavy (non-hydrogen) atoms. The van der Waals surface area contributed by atoms with Gasteiger partial charge in [-0.2, -0.15) is 0 Å². The first kappa shape index (κ1) is 13.0. The molecule has 0 saturated heterocycles. The highest BCUT2D eigenvalue weighted by atomic mass is 79.9. The van der Waals surface area contributed by atoms with Crippen LogP contribution >= 0.6 is 38.9 Å². The molecule has 2 nitrogen and oxygen atoms in total. The van der Waals surface area contributed by atoms with Crippen molar-refractivity contribution in [3.05, 3.63) is 43.9 Å². The molecule has 96 valence electrons. The van der Waals surface area contributed by atoms with E-state index in [2.05, 4.69) is 25.9 Å². The van der Waals surface area contributed by atoms with Crippen LogP contribution in [0.3, 0.4) is 0 Å². The van der Waals surface area contributed by atoms with Crippen molar-refractivity contribution < 1.29 is 4.39 Å². The van der Waals surface area contributed by atoms with Crippen LogP contribution in [0, 0.1) is 12.7 Å². The number of thiophene rings is 1. The summed E-state index contributed by atoms with van der Waals surface area (Å²) in [4.78, 5) is 8.62. The molecule has 3 aromatic rings. The number of hydrogen-bond donors (Lipinski definition) is 0. The third-order valence-electron chi connectivity index (χ3n) is 2.78. The summed E-state index contributed by atoms with van der Waals surface area (Å²) in [7, 11) is 0. The van der Waals surface area contributed by atoms with E-state index in [4.69, 9.17) is 11.6 Å². The van der Waals surface area contributed by atoms with E-state index in [1.807, 2.05) is 18.4 Å². The van der Waals surface area contributed by atoms with E-state index in [0.29, 0.717) is 11.3 Å². The lowest BCUT2D eigenvalue weighted by Crippen LogP contribution is -1.95. The summed E-state index contributed by atoms with van der Waals surface area (Å²) in [5, 5.41) is 2.35. The molecular formula is C13H7BrClFN2S. The third-order valence-corrected chi connectivity index (χ3v) is 4.56. The maximum absolute atomic E-state index is 13.8. The number of rotatable bonds is 1. The summed E-state index contributed by atoms with van der Waals surface area (Å²) in [6.45, 7) is 1.87. The number of benzene rings is 1. The van der Waals surface area contributed by atoms with E-state index < -0.39 is 5.82 Å². The molecule has 1 aromatic carbocycles. The zero-order valence-corrected chi connectivity index (χ0v) is 12.9. The smallest absolute Gasteiger partial charge is 0.162 e. The Kier molecular flexibility index (Phi) is 3.28. The van der Waals surface area contributed by atoms with Crippen molar-refractivity contribution in [1.29, 1.82) is 0 Å². The molecule has 0 spiro atoms. The third kappa shape index (κ3) is 2.26. The Hall–Kier alpha value is -1.04. The Morgan fingerprint density at radius 3 is 2.79 bits per heavy atom. The van der Waals surface area contributed by atoms with Gasteiger partial charge in [-0.3, -0.25) is 0 Å². The minimum absolute atomic E-state index is 0.142. The number of fused-ring (bicyclic) bond motifs is 1. The van der Waals surface area contributed by atoms with Gasteiger partial charge in [-0.1, -0.05) is 17.7 Å². The van der Waals surface area contributed by atoms with Crippen molar-refractivity contribution in [2.24, 2.45) is 0 Å². The lowest BCUT2D eigenvalue weighted by molar-refractivity contribution is 0.639. The molecule has 0 unspecified atom stereocenters. The minimum atomic E-state index is -0.399. The molecule has 0 atom stereocenters. The molecule has 0 saturated carbocycles. The first-order valence-electron chi connectivity index (χ1n) is 5.43. The molecular weight excluding hydrogens is 351 g/mol. The highest BCUT2D eigenvalue weighted by Crippen LogP contribution is 2.31.